The van der Waals surface area contributed by atoms with Crippen molar-refractivity contribution in [2.24, 2.45) is 0 Å². The van der Waals surface area contributed by atoms with E-state index in [-0.39, 0.29) is 5.78 Å². The molecule has 2 rings (SSSR count). The summed E-state index contributed by atoms with van der Waals surface area (Å²) >= 11 is 0. The van der Waals surface area contributed by atoms with Gasteiger partial charge < -0.3 is 9.64 Å². The molecular weight excluding hydrogens is 226 g/mol. The first-order chi connectivity index (χ1) is 8.69. The van der Waals surface area contributed by atoms with Crippen molar-refractivity contribution in [3.8, 4) is 5.75 Å². The van der Waals surface area contributed by atoms with Gasteiger partial charge in [-0.25, -0.2) is 0 Å². The lowest BCUT2D eigenvalue weighted by Crippen LogP contribution is -2.28. The Hall–Kier alpha value is -1.51. The van der Waals surface area contributed by atoms with Gasteiger partial charge in [-0.05, 0) is 38.3 Å². The number of Topliss-reactive ketones (excluding diaryl/α,β-unsaturated/α-hetero) is 1. The molecule has 3 nitrogen and oxygen atoms in total. The number of carbonyl (C=O) groups excluding carboxylic acids is 1. The smallest absolute Gasteiger partial charge is 0.165 e. The van der Waals surface area contributed by atoms with Gasteiger partial charge in [0, 0.05) is 12.6 Å². The van der Waals surface area contributed by atoms with Crippen molar-refractivity contribution in [1.29, 1.82) is 0 Å². The van der Waals surface area contributed by atoms with Gasteiger partial charge in [0.2, 0.25) is 0 Å². The summed E-state index contributed by atoms with van der Waals surface area (Å²) in [6.45, 7) is 4.78. The SMILES string of the molecule is CCCN(c1cccc(OC)c1C(C)=O)C1CC1. The third kappa shape index (κ3) is 2.50. The Labute approximate surface area is 109 Å². The van der Waals surface area contributed by atoms with E-state index in [2.05, 4.69) is 11.8 Å². The summed E-state index contributed by atoms with van der Waals surface area (Å²) in [4.78, 5) is 14.3. The summed E-state index contributed by atoms with van der Waals surface area (Å²) in [5, 5.41) is 0. The average molecular weight is 247 g/mol. The standard InChI is InChI=1S/C15H21NO2/c1-4-10-16(12-8-9-12)13-6-5-7-14(18-3)15(13)11(2)17/h5-7,12H,4,8-10H2,1-3H3. The Kier molecular flexibility index (Phi) is 3.90. The number of benzene rings is 1. The van der Waals surface area contributed by atoms with Crippen LogP contribution >= 0.6 is 0 Å². The van der Waals surface area contributed by atoms with Gasteiger partial charge in [-0.1, -0.05) is 13.0 Å². The van der Waals surface area contributed by atoms with Gasteiger partial charge in [0.05, 0.1) is 18.4 Å². The van der Waals surface area contributed by atoms with Crippen LogP contribution in [0.3, 0.4) is 0 Å². The molecule has 1 aliphatic carbocycles. The van der Waals surface area contributed by atoms with Crippen molar-refractivity contribution in [3.63, 3.8) is 0 Å². The molecule has 0 bridgehead atoms. The highest BCUT2D eigenvalue weighted by molar-refractivity contribution is 6.02. The number of anilines is 1. The van der Waals surface area contributed by atoms with Crippen LogP contribution in [0, 0.1) is 0 Å². The molecule has 1 fully saturated rings. The van der Waals surface area contributed by atoms with Gasteiger partial charge in [-0.3, -0.25) is 4.79 Å². The number of nitrogens with zero attached hydrogens (tertiary/aromatic N) is 1. The van der Waals surface area contributed by atoms with E-state index in [1.54, 1.807) is 14.0 Å². The Balaban J connectivity index is 2.43. The minimum absolute atomic E-state index is 0.0733. The first-order valence-corrected chi connectivity index (χ1v) is 6.63. The molecule has 18 heavy (non-hydrogen) atoms. The number of hydrogen-bond acceptors (Lipinski definition) is 3. The Bertz CT molecular complexity index is 438. The van der Waals surface area contributed by atoms with E-state index in [1.807, 2.05) is 18.2 Å². The number of hydrogen-bond donors (Lipinski definition) is 0. The molecule has 0 aromatic heterocycles. The van der Waals surface area contributed by atoms with E-state index in [0.29, 0.717) is 11.8 Å². The van der Waals surface area contributed by atoms with Gasteiger partial charge >= 0.3 is 0 Å². The number of rotatable bonds is 6. The highest BCUT2D eigenvalue weighted by atomic mass is 16.5. The summed E-state index contributed by atoms with van der Waals surface area (Å²) in [5.74, 6) is 0.756. The lowest BCUT2D eigenvalue weighted by molar-refractivity contribution is 0.101. The second kappa shape index (κ2) is 5.42. The van der Waals surface area contributed by atoms with Crippen LogP contribution in [0.25, 0.3) is 0 Å². The third-order valence-corrected chi connectivity index (χ3v) is 3.34. The maximum atomic E-state index is 11.9. The fraction of sp³-hybridized carbons (Fsp3) is 0.533. The summed E-state index contributed by atoms with van der Waals surface area (Å²) in [6.07, 6.45) is 3.55. The minimum Gasteiger partial charge on any atom is -0.496 e. The molecule has 1 saturated carbocycles. The normalized spacial score (nSPS) is 14.4. The molecule has 0 aliphatic heterocycles. The molecule has 0 N–H and O–H groups in total. The topological polar surface area (TPSA) is 29.5 Å². The van der Waals surface area contributed by atoms with E-state index in [1.165, 1.54) is 12.8 Å². The van der Waals surface area contributed by atoms with E-state index < -0.39 is 0 Å². The highest BCUT2D eigenvalue weighted by Crippen LogP contribution is 2.37. The zero-order valence-electron chi connectivity index (χ0n) is 11.4. The van der Waals surface area contributed by atoms with Crippen molar-refractivity contribution < 1.29 is 9.53 Å². The molecule has 0 heterocycles. The summed E-state index contributed by atoms with van der Waals surface area (Å²) in [7, 11) is 1.62. The molecule has 0 amide bonds. The van der Waals surface area contributed by atoms with E-state index in [0.717, 1.165) is 24.2 Å². The molecule has 0 atom stereocenters. The minimum atomic E-state index is 0.0733. The molecule has 1 aromatic carbocycles. The van der Waals surface area contributed by atoms with Crippen molar-refractivity contribution in [1.82, 2.24) is 0 Å². The summed E-state index contributed by atoms with van der Waals surface area (Å²) < 4.78 is 5.33. The van der Waals surface area contributed by atoms with Gasteiger partial charge in [-0.2, -0.15) is 0 Å². The van der Waals surface area contributed by atoms with Gasteiger partial charge in [0.1, 0.15) is 5.75 Å². The van der Waals surface area contributed by atoms with Crippen LogP contribution in [0.2, 0.25) is 0 Å². The summed E-state index contributed by atoms with van der Waals surface area (Å²) in [5.41, 5.74) is 1.76. The number of ketones is 1. The number of methoxy groups -OCH3 is 1. The zero-order chi connectivity index (χ0) is 13.1. The molecule has 0 saturated heterocycles. The quantitative estimate of drug-likeness (QED) is 0.722. The van der Waals surface area contributed by atoms with Crippen LogP contribution in [0.15, 0.2) is 18.2 Å². The average Bonchev–Trinajstić information content (AvgIpc) is 3.19. The largest absolute Gasteiger partial charge is 0.496 e. The summed E-state index contributed by atoms with van der Waals surface area (Å²) in [6, 6.07) is 6.46. The zero-order valence-corrected chi connectivity index (χ0v) is 11.4. The highest BCUT2D eigenvalue weighted by Gasteiger charge is 2.31. The second-order valence-corrected chi connectivity index (χ2v) is 4.84. The fourth-order valence-electron chi connectivity index (χ4n) is 2.41. The van der Waals surface area contributed by atoms with Gasteiger partial charge in [0.25, 0.3) is 0 Å². The molecule has 1 aromatic rings. The maximum absolute atomic E-state index is 11.9. The fourth-order valence-corrected chi connectivity index (χ4v) is 2.41. The van der Waals surface area contributed by atoms with Crippen molar-refractivity contribution in [2.75, 3.05) is 18.6 Å². The van der Waals surface area contributed by atoms with Crippen molar-refractivity contribution in [3.05, 3.63) is 23.8 Å². The Morgan fingerprint density at radius 2 is 2.17 bits per heavy atom. The van der Waals surface area contributed by atoms with Crippen LogP contribution in [-0.4, -0.2) is 25.5 Å². The van der Waals surface area contributed by atoms with Crippen molar-refractivity contribution >= 4 is 11.5 Å². The van der Waals surface area contributed by atoms with Gasteiger partial charge in [-0.15, -0.1) is 0 Å². The predicted molar refractivity (Wildman–Crippen MR) is 73.7 cm³/mol. The predicted octanol–water partition coefficient (Wildman–Crippen LogP) is 3.28. The first-order valence-electron chi connectivity index (χ1n) is 6.63. The Morgan fingerprint density at radius 3 is 2.67 bits per heavy atom. The van der Waals surface area contributed by atoms with Crippen LogP contribution in [0.1, 0.15) is 43.5 Å². The maximum Gasteiger partial charge on any atom is 0.165 e. The van der Waals surface area contributed by atoms with Crippen LogP contribution < -0.4 is 9.64 Å². The molecule has 0 spiro atoms. The van der Waals surface area contributed by atoms with Crippen LogP contribution in [0.4, 0.5) is 5.69 Å². The lowest BCUT2D eigenvalue weighted by atomic mass is 10.1. The van der Waals surface area contributed by atoms with E-state index in [9.17, 15) is 4.79 Å². The third-order valence-electron chi connectivity index (χ3n) is 3.34. The van der Waals surface area contributed by atoms with Crippen molar-refractivity contribution in [2.45, 2.75) is 39.2 Å². The van der Waals surface area contributed by atoms with E-state index >= 15 is 0 Å². The Morgan fingerprint density at radius 1 is 1.44 bits per heavy atom. The molecule has 3 heteroatoms. The monoisotopic (exact) mass is 247 g/mol. The molecule has 0 unspecified atom stereocenters. The van der Waals surface area contributed by atoms with Crippen LogP contribution in [0.5, 0.6) is 5.75 Å². The number of carbonyl (C=O) groups is 1. The molecule has 1 aliphatic rings. The van der Waals surface area contributed by atoms with Crippen LogP contribution in [-0.2, 0) is 0 Å². The second-order valence-electron chi connectivity index (χ2n) is 4.84. The van der Waals surface area contributed by atoms with E-state index in [4.69, 9.17) is 4.74 Å². The molecule has 0 radical (unpaired) electrons. The molecule has 98 valence electrons. The lowest BCUT2D eigenvalue weighted by Gasteiger charge is -2.27. The molecular formula is C15H21NO2. The number of ether oxygens (including phenoxy) is 1. The first kappa shape index (κ1) is 12.9. The van der Waals surface area contributed by atoms with Gasteiger partial charge in [0.15, 0.2) is 5.78 Å².